The molecular weight excluding hydrogens is 256 g/mol. The molecule has 1 heterocycles. The first-order chi connectivity index (χ1) is 9.19. The van der Waals surface area contributed by atoms with Crippen molar-refractivity contribution in [2.24, 2.45) is 0 Å². The van der Waals surface area contributed by atoms with E-state index in [0.717, 1.165) is 29.5 Å². The van der Waals surface area contributed by atoms with Gasteiger partial charge in [-0.2, -0.15) is 11.8 Å². The monoisotopic (exact) mass is 276 g/mol. The molecule has 0 atom stereocenters. The van der Waals surface area contributed by atoms with Crippen LogP contribution >= 0.6 is 11.8 Å². The van der Waals surface area contributed by atoms with Crippen LogP contribution in [0.3, 0.4) is 0 Å². The van der Waals surface area contributed by atoms with E-state index in [-0.39, 0.29) is 0 Å². The van der Waals surface area contributed by atoms with Gasteiger partial charge in [0.05, 0.1) is 12.3 Å². The summed E-state index contributed by atoms with van der Waals surface area (Å²) in [6, 6.07) is 12.4. The van der Waals surface area contributed by atoms with Crippen LogP contribution in [0.4, 0.5) is 11.4 Å². The summed E-state index contributed by atoms with van der Waals surface area (Å²) in [5, 5.41) is 3.36. The first-order valence-electron chi connectivity index (χ1n) is 6.27. The minimum atomic E-state index is 0.718. The van der Waals surface area contributed by atoms with E-state index in [9.17, 15) is 0 Å². The van der Waals surface area contributed by atoms with Crippen molar-refractivity contribution in [1.29, 1.82) is 0 Å². The van der Waals surface area contributed by atoms with Gasteiger partial charge in [-0.25, -0.2) is 0 Å². The molecule has 0 aliphatic heterocycles. The van der Waals surface area contributed by atoms with Gasteiger partial charge in [0.2, 0.25) is 0 Å². The van der Waals surface area contributed by atoms with Crippen LogP contribution in [0, 0.1) is 0 Å². The van der Waals surface area contributed by atoms with Gasteiger partial charge in [0.15, 0.2) is 0 Å². The van der Waals surface area contributed by atoms with Crippen molar-refractivity contribution in [3.8, 4) is 0 Å². The van der Waals surface area contributed by atoms with Gasteiger partial charge >= 0.3 is 0 Å². The molecule has 0 saturated heterocycles. The first kappa shape index (κ1) is 13.9. The Labute approximate surface area is 119 Å². The van der Waals surface area contributed by atoms with Crippen LogP contribution in [0.25, 0.3) is 0 Å². The Morgan fingerprint density at radius 3 is 2.37 bits per heavy atom. The fraction of sp³-hybridized carbons (Fsp3) is 0.333. The molecule has 19 heavy (non-hydrogen) atoms. The zero-order valence-corrected chi connectivity index (χ0v) is 12.5. The van der Waals surface area contributed by atoms with E-state index in [4.69, 9.17) is 4.42 Å². The Hall–Kier alpha value is -1.55. The molecule has 2 aromatic rings. The highest BCUT2D eigenvalue weighted by Crippen LogP contribution is 2.18. The predicted molar refractivity (Wildman–Crippen MR) is 84.0 cm³/mol. The summed E-state index contributed by atoms with van der Waals surface area (Å²) in [7, 11) is 4.08. The maximum Gasteiger partial charge on any atom is 0.123 e. The molecule has 0 unspecified atom stereocenters. The van der Waals surface area contributed by atoms with Gasteiger partial charge in [0.25, 0.3) is 0 Å². The van der Waals surface area contributed by atoms with Crippen molar-refractivity contribution in [2.75, 3.05) is 30.6 Å². The minimum Gasteiger partial charge on any atom is -0.463 e. The molecule has 4 heteroatoms. The lowest BCUT2D eigenvalue weighted by Crippen LogP contribution is -2.08. The normalized spacial score (nSPS) is 10.5. The second-order valence-corrected chi connectivity index (χ2v) is 5.46. The molecule has 0 aliphatic carbocycles. The van der Waals surface area contributed by atoms with Gasteiger partial charge in [-0.1, -0.05) is 0 Å². The van der Waals surface area contributed by atoms with Gasteiger partial charge in [0, 0.05) is 25.5 Å². The van der Waals surface area contributed by atoms with Crippen LogP contribution in [0.1, 0.15) is 11.5 Å². The molecule has 0 aliphatic rings. The van der Waals surface area contributed by atoms with E-state index in [1.165, 1.54) is 5.69 Å². The molecule has 1 aromatic carbocycles. The summed E-state index contributed by atoms with van der Waals surface area (Å²) in [6.07, 6.45) is 2.08. The van der Waals surface area contributed by atoms with E-state index in [0.29, 0.717) is 0 Å². The zero-order chi connectivity index (χ0) is 13.7. The molecule has 0 fully saturated rings. The van der Waals surface area contributed by atoms with Crippen LogP contribution in [-0.2, 0) is 12.3 Å². The van der Waals surface area contributed by atoms with Crippen LogP contribution in [0.2, 0.25) is 0 Å². The number of anilines is 2. The molecule has 1 aromatic heterocycles. The van der Waals surface area contributed by atoms with Crippen LogP contribution in [0.5, 0.6) is 0 Å². The molecule has 1 N–H and O–H groups in total. The molecule has 102 valence electrons. The van der Waals surface area contributed by atoms with E-state index in [2.05, 4.69) is 40.7 Å². The first-order valence-corrected chi connectivity index (χ1v) is 7.66. The smallest absolute Gasteiger partial charge is 0.123 e. The Kier molecular flexibility index (Phi) is 4.80. The SMILES string of the molecule is CSCc1ccc(CNc2ccc(N(C)C)cc2)o1. The number of nitrogens with one attached hydrogen (secondary N) is 1. The van der Waals surface area contributed by atoms with Crippen molar-refractivity contribution < 1.29 is 4.42 Å². The summed E-state index contributed by atoms with van der Waals surface area (Å²) < 4.78 is 5.72. The van der Waals surface area contributed by atoms with Crippen LogP contribution in [-0.4, -0.2) is 20.4 Å². The predicted octanol–water partition coefficient (Wildman–Crippen LogP) is 3.82. The topological polar surface area (TPSA) is 28.4 Å². The second kappa shape index (κ2) is 6.57. The zero-order valence-electron chi connectivity index (χ0n) is 11.6. The van der Waals surface area contributed by atoms with Crippen molar-refractivity contribution >= 4 is 23.1 Å². The molecular formula is C15H20N2OS. The highest BCUT2D eigenvalue weighted by atomic mass is 32.2. The summed E-state index contributed by atoms with van der Waals surface area (Å²) >= 11 is 1.77. The molecule has 0 spiro atoms. The highest BCUT2D eigenvalue weighted by molar-refractivity contribution is 7.97. The van der Waals surface area contributed by atoms with E-state index >= 15 is 0 Å². The Bertz CT molecular complexity index is 505. The Morgan fingerprint density at radius 1 is 1.05 bits per heavy atom. The van der Waals surface area contributed by atoms with Crippen molar-refractivity contribution in [3.05, 3.63) is 47.9 Å². The van der Waals surface area contributed by atoms with Gasteiger partial charge < -0.3 is 14.6 Å². The summed E-state index contributed by atoms with van der Waals surface area (Å²) in [5.74, 6) is 2.94. The summed E-state index contributed by atoms with van der Waals surface area (Å²) in [6.45, 7) is 0.718. The molecule has 0 amide bonds. The van der Waals surface area contributed by atoms with E-state index in [1.807, 2.05) is 26.2 Å². The third-order valence-electron chi connectivity index (χ3n) is 2.85. The van der Waals surface area contributed by atoms with Crippen molar-refractivity contribution in [2.45, 2.75) is 12.3 Å². The molecule has 0 bridgehead atoms. The largest absolute Gasteiger partial charge is 0.463 e. The molecule has 0 saturated carbocycles. The fourth-order valence-corrected chi connectivity index (χ4v) is 2.24. The average molecular weight is 276 g/mol. The number of furan rings is 1. The Balaban J connectivity index is 1.90. The van der Waals surface area contributed by atoms with Crippen molar-refractivity contribution in [1.82, 2.24) is 0 Å². The molecule has 3 nitrogen and oxygen atoms in total. The third kappa shape index (κ3) is 3.96. The van der Waals surface area contributed by atoms with Gasteiger partial charge in [-0.3, -0.25) is 0 Å². The van der Waals surface area contributed by atoms with E-state index < -0.39 is 0 Å². The highest BCUT2D eigenvalue weighted by Gasteiger charge is 2.02. The van der Waals surface area contributed by atoms with Gasteiger partial charge in [0.1, 0.15) is 11.5 Å². The number of benzene rings is 1. The third-order valence-corrected chi connectivity index (χ3v) is 3.43. The quantitative estimate of drug-likeness (QED) is 0.868. The van der Waals surface area contributed by atoms with Crippen LogP contribution < -0.4 is 10.2 Å². The van der Waals surface area contributed by atoms with Gasteiger partial charge in [-0.05, 0) is 42.7 Å². The minimum absolute atomic E-state index is 0.718. The van der Waals surface area contributed by atoms with Crippen molar-refractivity contribution in [3.63, 3.8) is 0 Å². The second-order valence-electron chi connectivity index (χ2n) is 4.60. The van der Waals surface area contributed by atoms with E-state index in [1.54, 1.807) is 11.8 Å². The number of thioether (sulfide) groups is 1. The van der Waals surface area contributed by atoms with Gasteiger partial charge in [-0.15, -0.1) is 0 Å². The number of hydrogen-bond acceptors (Lipinski definition) is 4. The maximum atomic E-state index is 5.72. The molecule has 0 radical (unpaired) electrons. The molecule has 2 rings (SSSR count). The summed E-state index contributed by atoms with van der Waals surface area (Å²) in [5.41, 5.74) is 2.30. The standard InChI is InChI=1S/C15H20N2OS/c1-17(2)13-6-4-12(5-7-13)16-10-14-8-9-15(18-14)11-19-3/h4-9,16H,10-11H2,1-3H3. The number of hydrogen-bond donors (Lipinski definition) is 1. The average Bonchev–Trinajstić information content (AvgIpc) is 2.85. The number of rotatable bonds is 6. The number of nitrogens with zero attached hydrogens (tertiary/aromatic N) is 1. The fourth-order valence-electron chi connectivity index (χ4n) is 1.80. The maximum absolute atomic E-state index is 5.72. The van der Waals surface area contributed by atoms with Crippen LogP contribution in [0.15, 0.2) is 40.8 Å². The Morgan fingerprint density at radius 2 is 1.74 bits per heavy atom. The lowest BCUT2D eigenvalue weighted by molar-refractivity contribution is 0.487. The lowest BCUT2D eigenvalue weighted by Gasteiger charge is -2.13. The summed E-state index contributed by atoms with van der Waals surface area (Å²) in [4.78, 5) is 2.09. The lowest BCUT2D eigenvalue weighted by atomic mass is 10.2.